The van der Waals surface area contributed by atoms with Gasteiger partial charge in [0.25, 0.3) is 11.5 Å². The minimum atomic E-state index is -1.56. The normalized spacial score (nSPS) is 16.4. The molecule has 8 nitrogen and oxygen atoms in total. The number of hydrogen-bond acceptors (Lipinski definition) is 6. The first-order chi connectivity index (χ1) is 12.8. The van der Waals surface area contributed by atoms with Crippen molar-refractivity contribution in [1.82, 2.24) is 14.9 Å². The Morgan fingerprint density at radius 1 is 1.37 bits per heavy atom. The van der Waals surface area contributed by atoms with Gasteiger partial charge in [0.1, 0.15) is 10.7 Å². The van der Waals surface area contributed by atoms with E-state index in [1.807, 2.05) is 0 Å². The molecule has 1 aliphatic heterocycles. The summed E-state index contributed by atoms with van der Waals surface area (Å²) in [4.78, 5) is 42.7. The highest BCUT2D eigenvalue weighted by Gasteiger charge is 2.36. The van der Waals surface area contributed by atoms with Gasteiger partial charge in [-0.2, -0.15) is 0 Å². The average molecular weight is 393 g/mol. The molecule has 0 bridgehead atoms. The van der Waals surface area contributed by atoms with Crippen molar-refractivity contribution in [2.75, 3.05) is 13.7 Å². The van der Waals surface area contributed by atoms with Crippen LogP contribution < -0.4 is 10.9 Å². The maximum atomic E-state index is 13.0. The van der Waals surface area contributed by atoms with E-state index in [0.717, 1.165) is 42.8 Å². The van der Waals surface area contributed by atoms with Crippen molar-refractivity contribution >= 4 is 33.4 Å². The van der Waals surface area contributed by atoms with Crippen LogP contribution in [0.1, 0.15) is 47.2 Å². The number of fused-ring (bicyclic) bond motifs is 2. The van der Waals surface area contributed by atoms with E-state index >= 15 is 0 Å². The van der Waals surface area contributed by atoms with Crippen molar-refractivity contribution in [3.63, 3.8) is 0 Å². The molecule has 1 aliphatic rings. The van der Waals surface area contributed by atoms with Crippen LogP contribution in [0.2, 0.25) is 0 Å². The van der Waals surface area contributed by atoms with Gasteiger partial charge in [0.05, 0.1) is 16.9 Å². The van der Waals surface area contributed by atoms with E-state index in [9.17, 15) is 19.5 Å². The van der Waals surface area contributed by atoms with Crippen LogP contribution in [-0.2, 0) is 22.5 Å². The molecule has 9 heteroatoms. The number of carboxylic acids is 1. The highest BCUT2D eigenvalue weighted by molar-refractivity contribution is 7.20. The lowest BCUT2D eigenvalue weighted by atomic mass is 10.0. The number of carboxylic acid groups (broad SMARTS) is 1. The van der Waals surface area contributed by atoms with Crippen molar-refractivity contribution in [2.45, 2.75) is 51.6 Å². The number of thiophene rings is 1. The fraction of sp³-hybridized carbons (Fsp3) is 0.556. The monoisotopic (exact) mass is 393 g/mol. The molecule has 0 radical (unpaired) electrons. The van der Waals surface area contributed by atoms with E-state index in [0.29, 0.717) is 27.2 Å². The van der Waals surface area contributed by atoms with Gasteiger partial charge in [-0.15, -0.1) is 11.3 Å². The topological polar surface area (TPSA) is 111 Å². The number of nitrogens with one attached hydrogen (secondary N) is 1. The van der Waals surface area contributed by atoms with E-state index < -0.39 is 17.4 Å². The zero-order valence-electron chi connectivity index (χ0n) is 15.6. The molecule has 3 rings (SSSR count). The number of rotatable bonds is 5. The minimum absolute atomic E-state index is 0.123. The quantitative estimate of drug-likeness (QED) is 0.800. The Balaban J connectivity index is 2.04. The van der Waals surface area contributed by atoms with Crippen molar-refractivity contribution in [3.8, 4) is 0 Å². The zero-order valence-corrected chi connectivity index (χ0v) is 16.4. The highest BCUT2D eigenvalue weighted by atomic mass is 32.1. The summed E-state index contributed by atoms with van der Waals surface area (Å²) in [5.41, 5.74) is -1.15. The lowest BCUT2D eigenvalue weighted by Crippen LogP contribution is -2.55. The number of aliphatic carboxylic acids is 1. The number of methoxy groups -OCH3 is 1. The molecule has 27 heavy (non-hydrogen) atoms. The van der Waals surface area contributed by atoms with Crippen LogP contribution in [0, 0.1) is 6.92 Å². The highest BCUT2D eigenvalue weighted by Crippen LogP contribution is 2.28. The SMILES string of the molecule is COCC(C)(NC(=O)c1sc2nc3n(c(=O)c2c1C)CCCCC3)C(=O)O. The van der Waals surface area contributed by atoms with E-state index in [2.05, 4.69) is 10.3 Å². The number of hydrogen-bond donors (Lipinski definition) is 2. The summed E-state index contributed by atoms with van der Waals surface area (Å²) in [5, 5.41) is 12.4. The number of amides is 1. The molecule has 3 heterocycles. The van der Waals surface area contributed by atoms with Gasteiger partial charge in [-0.05, 0) is 32.3 Å². The standard InChI is InChI=1S/C18H23N3O5S/c1-10-12-15(19-11-7-5-4-6-8-21(11)16(12)23)27-13(10)14(22)20-18(2,9-26-3)17(24)25/h4-9H2,1-3H3,(H,20,22)(H,24,25). The molecular weight excluding hydrogens is 370 g/mol. The summed E-state index contributed by atoms with van der Waals surface area (Å²) in [6.45, 7) is 3.55. The van der Waals surface area contributed by atoms with Gasteiger partial charge in [-0.1, -0.05) is 6.42 Å². The summed E-state index contributed by atoms with van der Waals surface area (Å²) in [7, 11) is 1.37. The number of aromatic nitrogens is 2. The molecule has 0 fully saturated rings. The van der Waals surface area contributed by atoms with E-state index in [1.165, 1.54) is 14.0 Å². The minimum Gasteiger partial charge on any atom is -0.479 e. The summed E-state index contributed by atoms with van der Waals surface area (Å²) in [6, 6.07) is 0. The number of nitrogens with zero attached hydrogens (tertiary/aromatic N) is 2. The molecule has 0 saturated carbocycles. The van der Waals surface area contributed by atoms with Crippen LogP contribution in [0.25, 0.3) is 10.2 Å². The molecule has 0 aromatic carbocycles. The summed E-state index contributed by atoms with van der Waals surface area (Å²) >= 11 is 1.13. The van der Waals surface area contributed by atoms with Crippen LogP contribution in [0.5, 0.6) is 0 Å². The van der Waals surface area contributed by atoms with Crippen LogP contribution >= 0.6 is 11.3 Å². The Bertz CT molecular complexity index is 964. The lowest BCUT2D eigenvalue weighted by molar-refractivity contribution is -0.145. The molecule has 0 spiro atoms. The molecule has 0 aliphatic carbocycles. The predicted octanol–water partition coefficient (Wildman–Crippen LogP) is 1.71. The van der Waals surface area contributed by atoms with Crippen LogP contribution in [0.15, 0.2) is 4.79 Å². The van der Waals surface area contributed by atoms with E-state index in [1.54, 1.807) is 11.5 Å². The summed E-state index contributed by atoms with van der Waals surface area (Å²) in [5.74, 6) is -0.980. The molecule has 0 saturated heterocycles. The van der Waals surface area contributed by atoms with Gasteiger partial charge < -0.3 is 15.2 Å². The van der Waals surface area contributed by atoms with Crippen molar-refractivity contribution in [3.05, 3.63) is 26.6 Å². The molecule has 146 valence electrons. The molecule has 1 atom stereocenters. The van der Waals surface area contributed by atoms with E-state index in [4.69, 9.17) is 4.74 Å². The van der Waals surface area contributed by atoms with Crippen molar-refractivity contribution in [1.29, 1.82) is 0 Å². The molecule has 1 unspecified atom stereocenters. The third-order valence-corrected chi connectivity index (χ3v) is 6.10. The van der Waals surface area contributed by atoms with Gasteiger partial charge in [0.2, 0.25) is 0 Å². The molecular formula is C18H23N3O5S. The fourth-order valence-corrected chi connectivity index (χ4v) is 4.46. The third kappa shape index (κ3) is 3.49. The maximum Gasteiger partial charge on any atom is 0.331 e. The van der Waals surface area contributed by atoms with Crippen molar-refractivity contribution in [2.24, 2.45) is 0 Å². The van der Waals surface area contributed by atoms with Crippen LogP contribution in [-0.4, -0.2) is 45.8 Å². The summed E-state index contributed by atoms with van der Waals surface area (Å²) in [6.07, 6.45) is 3.74. The Hall–Kier alpha value is -2.26. The third-order valence-electron chi connectivity index (χ3n) is 4.91. The number of aryl methyl sites for hydroxylation is 2. The predicted molar refractivity (Wildman–Crippen MR) is 102 cm³/mol. The second-order valence-corrected chi connectivity index (χ2v) is 8.06. The first-order valence-electron chi connectivity index (χ1n) is 8.86. The van der Waals surface area contributed by atoms with Gasteiger partial charge in [-0.25, -0.2) is 9.78 Å². The Kier molecular flexibility index (Phi) is 5.34. The van der Waals surface area contributed by atoms with Gasteiger partial charge in [-0.3, -0.25) is 14.2 Å². The molecule has 1 amide bonds. The van der Waals surface area contributed by atoms with Gasteiger partial charge in [0, 0.05) is 20.1 Å². The number of carbonyl (C=O) groups excluding carboxylic acids is 1. The number of carbonyl (C=O) groups is 2. The largest absolute Gasteiger partial charge is 0.479 e. The Morgan fingerprint density at radius 3 is 2.78 bits per heavy atom. The Morgan fingerprint density at radius 2 is 2.11 bits per heavy atom. The first-order valence-corrected chi connectivity index (χ1v) is 9.68. The summed E-state index contributed by atoms with van der Waals surface area (Å²) < 4.78 is 6.65. The number of ether oxygens (including phenoxy) is 1. The first kappa shape index (κ1) is 19.5. The average Bonchev–Trinajstić information content (AvgIpc) is 2.78. The lowest BCUT2D eigenvalue weighted by Gasteiger charge is -2.25. The van der Waals surface area contributed by atoms with Gasteiger partial charge in [0.15, 0.2) is 5.54 Å². The fourth-order valence-electron chi connectivity index (χ4n) is 3.37. The van der Waals surface area contributed by atoms with E-state index in [-0.39, 0.29) is 12.2 Å². The van der Waals surface area contributed by atoms with Crippen molar-refractivity contribution < 1.29 is 19.4 Å². The molecule has 2 aromatic rings. The molecule has 2 N–H and O–H groups in total. The second-order valence-electron chi connectivity index (χ2n) is 7.06. The smallest absolute Gasteiger partial charge is 0.331 e. The van der Waals surface area contributed by atoms with Gasteiger partial charge >= 0.3 is 5.97 Å². The zero-order chi connectivity index (χ0) is 19.8. The maximum absolute atomic E-state index is 13.0. The molecule has 2 aromatic heterocycles. The van der Waals surface area contributed by atoms with Crippen LogP contribution in [0.3, 0.4) is 0 Å². The van der Waals surface area contributed by atoms with Crippen LogP contribution in [0.4, 0.5) is 0 Å². The second kappa shape index (κ2) is 7.40. The Labute approximate surface area is 160 Å².